The fourth-order valence-electron chi connectivity index (χ4n) is 2.60. The lowest BCUT2D eigenvalue weighted by molar-refractivity contribution is -0.00821. The Balaban J connectivity index is 1.37. The molecule has 3 rings (SSSR count). The number of nitrogens with zero attached hydrogens (tertiary/aromatic N) is 1. The summed E-state index contributed by atoms with van der Waals surface area (Å²) in [7, 11) is 0. The molecule has 1 aliphatic rings. The zero-order valence-corrected chi connectivity index (χ0v) is 18.2. The molecule has 0 spiro atoms. The number of unbranched alkanes of at least 4 members (excludes halogenated alkanes) is 1. The zero-order chi connectivity index (χ0) is 20.0. The molecule has 1 saturated heterocycles. The highest BCUT2D eigenvalue weighted by Crippen LogP contribution is 2.32. The number of benzene rings is 1. The van der Waals surface area contributed by atoms with Gasteiger partial charge < -0.3 is 25.8 Å². The van der Waals surface area contributed by atoms with Crippen LogP contribution in [0.25, 0.3) is 0 Å². The molecular formula is C17H22BrF2N5OS2. The Morgan fingerprint density at radius 1 is 1.29 bits per heavy atom. The van der Waals surface area contributed by atoms with Crippen molar-refractivity contribution >= 4 is 50.0 Å². The van der Waals surface area contributed by atoms with E-state index in [-0.39, 0.29) is 5.82 Å². The molecule has 6 nitrogen and oxygen atoms in total. The minimum Gasteiger partial charge on any atom is -0.386 e. The van der Waals surface area contributed by atoms with Gasteiger partial charge in [0.05, 0.1) is 16.8 Å². The average Bonchev–Trinajstić information content (AvgIpc) is 3.06. The first kappa shape index (κ1) is 21.7. The maximum atomic E-state index is 14.3. The Morgan fingerprint density at radius 2 is 2.07 bits per heavy atom. The van der Waals surface area contributed by atoms with Crippen molar-refractivity contribution in [2.45, 2.75) is 23.3 Å². The smallest absolute Gasteiger partial charge is 0.198 e. The maximum Gasteiger partial charge on any atom is 0.198 e. The summed E-state index contributed by atoms with van der Waals surface area (Å²) in [5.41, 5.74) is 0.0909. The van der Waals surface area contributed by atoms with Crippen LogP contribution in [0.4, 0.5) is 19.6 Å². The molecule has 0 radical (unpaired) electrons. The number of thiazole rings is 1. The van der Waals surface area contributed by atoms with E-state index in [4.69, 9.17) is 0 Å². The third-order valence-corrected chi connectivity index (χ3v) is 6.52. The predicted octanol–water partition coefficient (Wildman–Crippen LogP) is 3.42. The third kappa shape index (κ3) is 6.26. The Kier molecular flexibility index (Phi) is 7.89. The Bertz CT molecular complexity index is 791. The van der Waals surface area contributed by atoms with E-state index in [2.05, 4.69) is 41.6 Å². The van der Waals surface area contributed by atoms with E-state index in [0.29, 0.717) is 41.9 Å². The highest BCUT2D eigenvalue weighted by molar-refractivity contribution is 9.10. The summed E-state index contributed by atoms with van der Waals surface area (Å²) in [5.74, 6) is -0.371. The van der Waals surface area contributed by atoms with E-state index in [9.17, 15) is 13.9 Å². The van der Waals surface area contributed by atoms with Crippen LogP contribution in [0.1, 0.15) is 12.8 Å². The van der Waals surface area contributed by atoms with Crippen molar-refractivity contribution < 1.29 is 13.9 Å². The second kappa shape index (κ2) is 10.2. The first-order valence-corrected chi connectivity index (χ1v) is 11.3. The fourth-order valence-corrected chi connectivity index (χ4v) is 4.51. The van der Waals surface area contributed by atoms with Crippen LogP contribution in [-0.2, 0) is 0 Å². The molecule has 1 fully saturated rings. The number of nitrogens with one attached hydrogen (secondary N) is 4. The average molecular weight is 494 g/mol. The molecule has 1 aliphatic heterocycles. The molecule has 1 aromatic carbocycles. The Morgan fingerprint density at radius 3 is 2.75 bits per heavy atom. The van der Waals surface area contributed by atoms with E-state index >= 15 is 0 Å². The molecule has 0 aliphatic carbocycles. The largest absolute Gasteiger partial charge is 0.386 e. The lowest BCUT2D eigenvalue weighted by atomic mass is 9.97. The molecule has 11 heteroatoms. The van der Waals surface area contributed by atoms with Crippen LogP contribution < -0.4 is 20.7 Å². The highest BCUT2D eigenvalue weighted by Gasteiger charge is 2.33. The minimum atomic E-state index is -0.594. The molecule has 0 bridgehead atoms. The van der Waals surface area contributed by atoms with Crippen molar-refractivity contribution in [3.63, 3.8) is 0 Å². The van der Waals surface area contributed by atoms with Crippen LogP contribution in [0.5, 0.6) is 0 Å². The van der Waals surface area contributed by atoms with Gasteiger partial charge in [0, 0.05) is 30.7 Å². The summed E-state index contributed by atoms with van der Waals surface area (Å²) in [6, 6.07) is 3.11. The van der Waals surface area contributed by atoms with Gasteiger partial charge in [-0.15, -0.1) is 0 Å². The number of aromatic nitrogens is 1. The normalized spacial score (nSPS) is 15.3. The van der Waals surface area contributed by atoms with Crippen LogP contribution in [0.15, 0.2) is 27.7 Å². The molecule has 0 unspecified atom stereocenters. The number of anilines is 2. The number of β-amino-alcohol motifs (C(OH)–C–C–N with tert-alkyl or cyclic N) is 1. The first-order chi connectivity index (χ1) is 13.5. The minimum absolute atomic E-state index is 0.371. The number of aliphatic hydroxyl groups is 1. The van der Waals surface area contributed by atoms with Crippen LogP contribution in [-0.4, -0.2) is 48.4 Å². The van der Waals surface area contributed by atoms with Gasteiger partial charge in [0.15, 0.2) is 10.3 Å². The molecule has 2 aromatic rings. The van der Waals surface area contributed by atoms with E-state index in [0.717, 1.165) is 53.3 Å². The summed E-state index contributed by atoms with van der Waals surface area (Å²) in [6.07, 6.45) is 3.00. The SMILES string of the molecule is OC1(CNCCCCNc2cc(F)c(SNc3ncc(F)s3)cc2Br)CNC1. The van der Waals surface area contributed by atoms with Crippen molar-refractivity contribution in [1.29, 1.82) is 0 Å². The van der Waals surface area contributed by atoms with Crippen molar-refractivity contribution in [3.8, 4) is 0 Å². The lowest BCUT2D eigenvalue weighted by Crippen LogP contribution is -2.64. The monoisotopic (exact) mass is 493 g/mol. The lowest BCUT2D eigenvalue weighted by Gasteiger charge is -2.37. The van der Waals surface area contributed by atoms with E-state index in [1.54, 1.807) is 6.07 Å². The number of halogens is 3. The van der Waals surface area contributed by atoms with E-state index in [1.807, 2.05) is 0 Å². The van der Waals surface area contributed by atoms with E-state index in [1.165, 1.54) is 6.07 Å². The number of hydrogen-bond acceptors (Lipinski definition) is 8. The van der Waals surface area contributed by atoms with Crippen molar-refractivity contribution in [2.24, 2.45) is 0 Å². The topological polar surface area (TPSA) is 81.2 Å². The molecular weight excluding hydrogens is 472 g/mol. The van der Waals surface area contributed by atoms with Crippen LogP contribution in [0, 0.1) is 10.9 Å². The Labute approximate surface area is 179 Å². The van der Waals surface area contributed by atoms with Gasteiger partial charge in [0.2, 0.25) is 0 Å². The van der Waals surface area contributed by atoms with Gasteiger partial charge >= 0.3 is 0 Å². The molecule has 0 atom stereocenters. The van der Waals surface area contributed by atoms with Crippen LogP contribution >= 0.6 is 39.2 Å². The second-order valence-electron chi connectivity index (χ2n) is 6.57. The summed E-state index contributed by atoms with van der Waals surface area (Å²) in [4.78, 5) is 4.23. The summed E-state index contributed by atoms with van der Waals surface area (Å²) < 4.78 is 30.8. The molecule has 154 valence electrons. The van der Waals surface area contributed by atoms with Gasteiger partial charge in [-0.1, -0.05) is 11.3 Å². The quantitative estimate of drug-likeness (QED) is 0.242. The van der Waals surface area contributed by atoms with E-state index < -0.39 is 10.7 Å². The standard InChI is InChI=1S/C17H22BrF2N5OS2/c18-11-5-14(28-25-16-24-7-15(20)27-16)12(19)6-13(11)23-4-2-1-3-21-8-17(26)9-22-10-17/h5-7,21-23,26H,1-4,8-10H2,(H,24,25). The molecule has 28 heavy (non-hydrogen) atoms. The summed E-state index contributed by atoms with van der Waals surface area (Å²) in [5, 5.41) is 19.5. The molecule has 0 saturated carbocycles. The van der Waals surface area contributed by atoms with Gasteiger partial charge in [-0.3, -0.25) is 0 Å². The Hall–Kier alpha value is -0.980. The second-order valence-corrected chi connectivity index (χ2v) is 9.26. The third-order valence-electron chi connectivity index (χ3n) is 4.21. The number of hydrogen-bond donors (Lipinski definition) is 5. The molecule has 5 N–H and O–H groups in total. The summed E-state index contributed by atoms with van der Waals surface area (Å²) >= 11 is 5.37. The van der Waals surface area contributed by atoms with Gasteiger partial charge in [0.25, 0.3) is 0 Å². The van der Waals surface area contributed by atoms with Gasteiger partial charge in [-0.25, -0.2) is 9.37 Å². The van der Waals surface area contributed by atoms with Crippen molar-refractivity contribution in [3.05, 3.63) is 33.8 Å². The van der Waals surface area contributed by atoms with Crippen molar-refractivity contribution in [1.82, 2.24) is 15.6 Å². The van der Waals surface area contributed by atoms with Gasteiger partial charge in [0.1, 0.15) is 11.4 Å². The first-order valence-electron chi connectivity index (χ1n) is 8.86. The summed E-state index contributed by atoms with van der Waals surface area (Å²) in [6.45, 7) is 3.44. The zero-order valence-electron chi connectivity index (χ0n) is 15.0. The van der Waals surface area contributed by atoms with Gasteiger partial charge in [-0.2, -0.15) is 4.39 Å². The van der Waals surface area contributed by atoms with Crippen LogP contribution in [0.3, 0.4) is 0 Å². The number of rotatable bonds is 11. The molecule has 2 heterocycles. The predicted molar refractivity (Wildman–Crippen MR) is 114 cm³/mol. The fraction of sp³-hybridized carbons (Fsp3) is 0.471. The molecule has 0 amide bonds. The van der Waals surface area contributed by atoms with Crippen LogP contribution in [0.2, 0.25) is 0 Å². The van der Waals surface area contributed by atoms with Crippen molar-refractivity contribution in [2.75, 3.05) is 42.8 Å². The van der Waals surface area contributed by atoms with Gasteiger partial charge in [-0.05, 0) is 59.4 Å². The highest BCUT2D eigenvalue weighted by atomic mass is 79.9. The maximum absolute atomic E-state index is 14.3. The molecule has 1 aromatic heterocycles.